The molecule has 1 aromatic rings. The minimum absolute atomic E-state index is 0.00618. The van der Waals surface area contributed by atoms with E-state index in [9.17, 15) is 9.18 Å². The molecule has 0 aromatic heterocycles. The zero-order valence-corrected chi connectivity index (χ0v) is 14.6. The predicted molar refractivity (Wildman–Crippen MR) is 90.3 cm³/mol. The standard InChI is InChI=1S/C19H28FNO2/c1-12(2)19(22)8-6-14-5-7-16(11-18(14)20)23-17-9-15(10-17)21-13(3)4/h5,7,11-13,15,17,21H,6,8-10H2,1-4H3. The van der Waals surface area contributed by atoms with Crippen LogP contribution in [0.4, 0.5) is 4.39 Å². The number of halogens is 1. The number of nitrogens with one attached hydrogen (secondary N) is 1. The minimum atomic E-state index is -0.282. The molecule has 3 nitrogen and oxygen atoms in total. The van der Waals surface area contributed by atoms with Crippen molar-refractivity contribution in [3.8, 4) is 5.75 Å². The van der Waals surface area contributed by atoms with E-state index in [0.29, 0.717) is 36.2 Å². The van der Waals surface area contributed by atoms with Gasteiger partial charge >= 0.3 is 0 Å². The van der Waals surface area contributed by atoms with Crippen molar-refractivity contribution in [2.45, 2.75) is 71.6 Å². The van der Waals surface area contributed by atoms with Crippen molar-refractivity contribution in [2.75, 3.05) is 0 Å². The maximum atomic E-state index is 14.1. The van der Waals surface area contributed by atoms with E-state index in [2.05, 4.69) is 19.2 Å². The highest BCUT2D eigenvalue weighted by Gasteiger charge is 2.31. The van der Waals surface area contributed by atoms with Gasteiger partial charge in [-0.3, -0.25) is 4.79 Å². The molecule has 2 rings (SSSR count). The number of Topliss-reactive ketones (excluding diaryl/α,β-unsaturated/α-hetero) is 1. The molecule has 128 valence electrons. The summed E-state index contributed by atoms with van der Waals surface area (Å²) in [6.45, 7) is 8.00. The van der Waals surface area contributed by atoms with Crippen LogP contribution in [-0.2, 0) is 11.2 Å². The summed E-state index contributed by atoms with van der Waals surface area (Å²) in [5.41, 5.74) is 0.583. The molecule has 1 aliphatic rings. The predicted octanol–water partition coefficient (Wildman–Crippen LogP) is 3.89. The average Bonchev–Trinajstić information content (AvgIpc) is 2.43. The Hall–Kier alpha value is -1.42. The van der Waals surface area contributed by atoms with Crippen LogP contribution in [0, 0.1) is 11.7 Å². The molecular formula is C19H28FNO2. The number of ketones is 1. The maximum absolute atomic E-state index is 14.1. The lowest BCUT2D eigenvalue weighted by Crippen LogP contribution is -2.49. The molecule has 0 aliphatic heterocycles. The van der Waals surface area contributed by atoms with Crippen molar-refractivity contribution >= 4 is 5.78 Å². The van der Waals surface area contributed by atoms with E-state index in [-0.39, 0.29) is 23.6 Å². The first-order valence-corrected chi connectivity index (χ1v) is 8.59. The second-order valence-electron chi connectivity index (χ2n) is 7.10. The molecule has 0 atom stereocenters. The van der Waals surface area contributed by atoms with Gasteiger partial charge in [0.15, 0.2) is 0 Å². The average molecular weight is 321 g/mol. The van der Waals surface area contributed by atoms with Crippen molar-refractivity contribution in [3.63, 3.8) is 0 Å². The summed E-state index contributed by atoms with van der Waals surface area (Å²) in [5, 5.41) is 3.47. The first-order chi connectivity index (χ1) is 10.8. The largest absolute Gasteiger partial charge is 0.490 e. The van der Waals surface area contributed by atoms with E-state index in [1.807, 2.05) is 19.9 Å². The zero-order chi connectivity index (χ0) is 17.0. The fourth-order valence-electron chi connectivity index (χ4n) is 2.81. The molecule has 1 saturated carbocycles. The molecule has 0 unspecified atom stereocenters. The molecular weight excluding hydrogens is 293 g/mol. The number of ether oxygens (including phenoxy) is 1. The van der Waals surface area contributed by atoms with Crippen LogP contribution in [0.25, 0.3) is 0 Å². The van der Waals surface area contributed by atoms with Gasteiger partial charge in [0.05, 0.1) is 0 Å². The smallest absolute Gasteiger partial charge is 0.135 e. The SMILES string of the molecule is CC(C)NC1CC(Oc2ccc(CCC(=O)C(C)C)c(F)c2)C1. The van der Waals surface area contributed by atoms with Gasteiger partial charge in [0.2, 0.25) is 0 Å². The van der Waals surface area contributed by atoms with E-state index >= 15 is 0 Å². The normalized spacial score (nSPS) is 20.7. The number of rotatable bonds is 8. The lowest BCUT2D eigenvalue weighted by atomic mass is 9.88. The molecule has 1 N–H and O–H groups in total. The summed E-state index contributed by atoms with van der Waals surface area (Å²) >= 11 is 0. The number of aryl methyl sites for hydroxylation is 1. The van der Waals surface area contributed by atoms with Gasteiger partial charge in [-0.25, -0.2) is 4.39 Å². The Morgan fingerprint density at radius 3 is 2.57 bits per heavy atom. The summed E-state index contributed by atoms with van der Waals surface area (Å²) in [6, 6.07) is 5.97. The third kappa shape index (κ3) is 5.31. The molecule has 4 heteroatoms. The highest BCUT2D eigenvalue weighted by Crippen LogP contribution is 2.27. The van der Waals surface area contributed by atoms with Crippen molar-refractivity contribution in [3.05, 3.63) is 29.6 Å². The molecule has 0 spiro atoms. The summed E-state index contributed by atoms with van der Waals surface area (Å²) in [5.74, 6) is 0.472. The van der Waals surface area contributed by atoms with E-state index in [4.69, 9.17) is 4.74 Å². The van der Waals surface area contributed by atoms with Crippen LogP contribution < -0.4 is 10.1 Å². The molecule has 1 aromatic carbocycles. The molecule has 0 saturated heterocycles. The molecule has 0 amide bonds. The van der Waals surface area contributed by atoms with Crippen LogP contribution in [-0.4, -0.2) is 24.0 Å². The quantitative estimate of drug-likeness (QED) is 0.789. The van der Waals surface area contributed by atoms with Crippen molar-refractivity contribution < 1.29 is 13.9 Å². The maximum Gasteiger partial charge on any atom is 0.135 e. The Morgan fingerprint density at radius 1 is 1.30 bits per heavy atom. The van der Waals surface area contributed by atoms with Crippen LogP contribution in [0.1, 0.15) is 52.5 Å². The molecule has 23 heavy (non-hydrogen) atoms. The van der Waals surface area contributed by atoms with Crippen LogP contribution in [0.2, 0.25) is 0 Å². The van der Waals surface area contributed by atoms with Crippen molar-refractivity contribution in [2.24, 2.45) is 5.92 Å². The van der Waals surface area contributed by atoms with Crippen molar-refractivity contribution in [1.29, 1.82) is 0 Å². The molecule has 0 radical (unpaired) electrons. The second-order valence-corrected chi connectivity index (χ2v) is 7.10. The Morgan fingerprint density at radius 2 is 2.00 bits per heavy atom. The summed E-state index contributed by atoms with van der Waals surface area (Å²) in [6.07, 6.45) is 2.93. The lowest BCUT2D eigenvalue weighted by molar-refractivity contribution is -0.121. The van der Waals surface area contributed by atoms with Gasteiger partial charge in [-0.05, 0) is 30.9 Å². The van der Waals surface area contributed by atoms with Gasteiger partial charge in [0.25, 0.3) is 0 Å². The molecule has 1 aliphatic carbocycles. The van der Waals surface area contributed by atoms with E-state index in [1.165, 1.54) is 6.07 Å². The highest BCUT2D eigenvalue weighted by atomic mass is 19.1. The highest BCUT2D eigenvalue weighted by molar-refractivity contribution is 5.80. The van der Waals surface area contributed by atoms with Crippen molar-refractivity contribution in [1.82, 2.24) is 5.32 Å². The monoisotopic (exact) mass is 321 g/mol. The van der Waals surface area contributed by atoms with Gasteiger partial charge < -0.3 is 10.1 Å². The Bertz CT molecular complexity index is 536. The third-order valence-electron chi connectivity index (χ3n) is 4.28. The fourth-order valence-corrected chi connectivity index (χ4v) is 2.81. The van der Waals surface area contributed by atoms with Gasteiger partial charge in [-0.2, -0.15) is 0 Å². The summed E-state index contributed by atoms with van der Waals surface area (Å²) in [7, 11) is 0. The van der Waals surface area contributed by atoms with Gasteiger partial charge in [-0.15, -0.1) is 0 Å². The zero-order valence-electron chi connectivity index (χ0n) is 14.6. The third-order valence-corrected chi connectivity index (χ3v) is 4.28. The van der Waals surface area contributed by atoms with Crippen LogP contribution in [0.5, 0.6) is 5.75 Å². The second kappa shape index (κ2) is 7.91. The van der Waals surface area contributed by atoms with Crippen LogP contribution >= 0.6 is 0 Å². The Kier molecular flexibility index (Phi) is 6.17. The molecule has 1 fully saturated rings. The number of hydrogen-bond donors (Lipinski definition) is 1. The molecule has 0 bridgehead atoms. The first-order valence-electron chi connectivity index (χ1n) is 8.59. The van der Waals surface area contributed by atoms with Gasteiger partial charge in [0.1, 0.15) is 23.5 Å². The lowest BCUT2D eigenvalue weighted by Gasteiger charge is -2.37. The van der Waals surface area contributed by atoms with Gasteiger partial charge in [0, 0.05) is 30.5 Å². The summed E-state index contributed by atoms with van der Waals surface area (Å²) in [4.78, 5) is 11.6. The Balaban J connectivity index is 1.82. The topological polar surface area (TPSA) is 38.3 Å². The summed E-state index contributed by atoms with van der Waals surface area (Å²) < 4.78 is 19.9. The first kappa shape index (κ1) is 17.9. The number of carbonyl (C=O) groups is 1. The van der Waals surface area contributed by atoms with Crippen LogP contribution in [0.3, 0.4) is 0 Å². The molecule has 0 heterocycles. The minimum Gasteiger partial charge on any atom is -0.490 e. The van der Waals surface area contributed by atoms with E-state index in [0.717, 1.165) is 12.8 Å². The fraction of sp³-hybridized carbons (Fsp3) is 0.632. The van der Waals surface area contributed by atoms with Crippen LogP contribution in [0.15, 0.2) is 18.2 Å². The number of benzene rings is 1. The van der Waals surface area contributed by atoms with E-state index in [1.54, 1.807) is 6.07 Å². The number of hydrogen-bond acceptors (Lipinski definition) is 3. The van der Waals surface area contributed by atoms with E-state index < -0.39 is 0 Å². The van der Waals surface area contributed by atoms with Gasteiger partial charge in [-0.1, -0.05) is 33.8 Å². The Labute approximate surface area is 138 Å². The number of carbonyl (C=O) groups excluding carboxylic acids is 1.